The normalized spacial score (nSPS) is 27.5. The average Bonchev–Trinajstić information content (AvgIpc) is 3.21. The van der Waals surface area contributed by atoms with Gasteiger partial charge in [0, 0.05) is 6.42 Å². The molecule has 3 rings (SSSR count). The third-order valence-electron chi connectivity index (χ3n) is 6.42. The topological polar surface area (TPSA) is 46.5 Å². The lowest BCUT2D eigenvalue weighted by Crippen LogP contribution is -2.24. The van der Waals surface area contributed by atoms with Crippen molar-refractivity contribution in [2.24, 2.45) is 23.7 Å². The molecule has 3 heteroatoms. The Labute approximate surface area is 151 Å². The third kappa shape index (κ3) is 5.23. The first kappa shape index (κ1) is 18.3. The average molecular weight is 344 g/mol. The summed E-state index contributed by atoms with van der Waals surface area (Å²) in [6.07, 6.45) is 11.5. The number of ether oxygens (including phenoxy) is 1. The van der Waals surface area contributed by atoms with Gasteiger partial charge in [-0.05, 0) is 74.3 Å². The highest BCUT2D eigenvalue weighted by atomic mass is 16.5. The van der Waals surface area contributed by atoms with Crippen LogP contribution in [-0.4, -0.2) is 17.7 Å². The Kier molecular flexibility index (Phi) is 6.77. The van der Waals surface area contributed by atoms with Gasteiger partial charge in [0.2, 0.25) is 0 Å². The minimum absolute atomic E-state index is 0.327. The van der Waals surface area contributed by atoms with Crippen molar-refractivity contribution in [1.29, 1.82) is 0 Å². The van der Waals surface area contributed by atoms with Crippen LogP contribution < -0.4 is 4.74 Å². The number of fused-ring (bicyclic) bond motifs is 2. The molecule has 0 aliphatic heterocycles. The van der Waals surface area contributed by atoms with Gasteiger partial charge in [0.25, 0.3) is 0 Å². The number of carboxylic acids is 1. The van der Waals surface area contributed by atoms with Gasteiger partial charge in [-0.1, -0.05) is 37.5 Å². The number of unbranched alkanes of at least 4 members (excludes halogenated alkanes) is 3. The summed E-state index contributed by atoms with van der Waals surface area (Å²) in [5, 5.41) is 8.70. The molecule has 2 saturated carbocycles. The van der Waals surface area contributed by atoms with Crippen LogP contribution in [0.3, 0.4) is 0 Å². The molecule has 0 radical (unpaired) electrons. The molecule has 0 spiro atoms. The molecule has 0 heterocycles. The lowest BCUT2D eigenvalue weighted by atomic mass is 9.75. The van der Waals surface area contributed by atoms with Gasteiger partial charge in [0.1, 0.15) is 5.75 Å². The van der Waals surface area contributed by atoms with Gasteiger partial charge in [0.05, 0.1) is 6.61 Å². The Bertz CT molecular complexity index is 527. The number of carbonyl (C=O) groups is 1. The number of hydrogen-bond donors (Lipinski definition) is 1. The predicted octanol–water partition coefficient (Wildman–Crippen LogP) is 5.54. The van der Waals surface area contributed by atoms with Crippen LogP contribution in [0, 0.1) is 23.7 Å². The van der Waals surface area contributed by atoms with Gasteiger partial charge in [-0.3, -0.25) is 4.79 Å². The summed E-state index contributed by atoms with van der Waals surface area (Å²) < 4.78 is 5.95. The van der Waals surface area contributed by atoms with Crippen molar-refractivity contribution in [3.05, 3.63) is 30.3 Å². The van der Waals surface area contributed by atoms with Crippen LogP contribution in [0.4, 0.5) is 0 Å². The van der Waals surface area contributed by atoms with Crippen molar-refractivity contribution in [3.8, 4) is 5.75 Å². The Hall–Kier alpha value is -1.51. The molecule has 4 unspecified atom stereocenters. The van der Waals surface area contributed by atoms with E-state index in [1.54, 1.807) is 0 Å². The smallest absolute Gasteiger partial charge is 0.303 e. The molecule has 4 atom stereocenters. The fourth-order valence-electron chi connectivity index (χ4n) is 5.27. The van der Waals surface area contributed by atoms with Crippen molar-refractivity contribution >= 4 is 5.97 Å². The first-order valence-electron chi connectivity index (χ1n) is 10.1. The zero-order valence-electron chi connectivity index (χ0n) is 15.2. The number of para-hydroxylation sites is 1. The lowest BCUT2D eigenvalue weighted by molar-refractivity contribution is -0.137. The number of carboxylic acid groups (broad SMARTS) is 1. The van der Waals surface area contributed by atoms with Gasteiger partial charge in [-0.15, -0.1) is 0 Å². The largest absolute Gasteiger partial charge is 0.494 e. The summed E-state index contributed by atoms with van der Waals surface area (Å²) in [5.41, 5.74) is 0. The Balaban J connectivity index is 1.38. The number of benzene rings is 1. The van der Waals surface area contributed by atoms with Crippen molar-refractivity contribution in [2.75, 3.05) is 6.61 Å². The van der Waals surface area contributed by atoms with Gasteiger partial charge < -0.3 is 9.84 Å². The minimum atomic E-state index is -0.661. The highest BCUT2D eigenvalue weighted by Gasteiger charge is 2.46. The molecule has 138 valence electrons. The molecule has 3 nitrogen and oxygen atoms in total. The van der Waals surface area contributed by atoms with E-state index in [4.69, 9.17) is 9.84 Å². The summed E-state index contributed by atoms with van der Waals surface area (Å²) in [4.78, 5) is 10.6. The number of aliphatic carboxylic acids is 1. The van der Waals surface area contributed by atoms with E-state index >= 15 is 0 Å². The van der Waals surface area contributed by atoms with E-state index in [9.17, 15) is 4.79 Å². The summed E-state index contributed by atoms with van der Waals surface area (Å²) in [5.74, 6) is 3.94. The zero-order chi connectivity index (χ0) is 17.5. The first-order valence-corrected chi connectivity index (χ1v) is 10.1. The van der Waals surface area contributed by atoms with Crippen LogP contribution in [0.5, 0.6) is 5.75 Å². The minimum Gasteiger partial charge on any atom is -0.494 e. The molecule has 0 aromatic heterocycles. The summed E-state index contributed by atoms with van der Waals surface area (Å²) in [6, 6.07) is 10.2. The second-order valence-corrected chi connectivity index (χ2v) is 7.96. The maximum atomic E-state index is 10.6. The van der Waals surface area contributed by atoms with Crippen molar-refractivity contribution in [3.63, 3.8) is 0 Å². The number of hydrogen-bond acceptors (Lipinski definition) is 2. The SMILES string of the molecule is O=C(O)CCCCCCC1C2CCC(C2)C1CCOc1ccccc1. The molecule has 25 heavy (non-hydrogen) atoms. The van der Waals surface area contributed by atoms with Crippen molar-refractivity contribution in [2.45, 2.75) is 64.2 Å². The highest BCUT2D eigenvalue weighted by Crippen LogP contribution is 2.55. The van der Waals surface area contributed by atoms with E-state index in [-0.39, 0.29) is 0 Å². The van der Waals surface area contributed by atoms with Crippen LogP contribution in [0.1, 0.15) is 64.2 Å². The molecular formula is C22H32O3. The zero-order valence-corrected chi connectivity index (χ0v) is 15.2. The summed E-state index contributed by atoms with van der Waals surface area (Å²) in [6.45, 7) is 0.840. The van der Waals surface area contributed by atoms with Gasteiger partial charge in [0.15, 0.2) is 0 Å². The fraction of sp³-hybridized carbons (Fsp3) is 0.682. The maximum Gasteiger partial charge on any atom is 0.303 e. The van der Waals surface area contributed by atoms with Crippen molar-refractivity contribution < 1.29 is 14.6 Å². The van der Waals surface area contributed by atoms with Crippen molar-refractivity contribution in [1.82, 2.24) is 0 Å². The van der Waals surface area contributed by atoms with E-state index < -0.39 is 5.97 Å². The summed E-state index contributed by atoms with van der Waals surface area (Å²) in [7, 11) is 0. The van der Waals surface area contributed by atoms with Crippen LogP contribution in [0.2, 0.25) is 0 Å². The third-order valence-corrected chi connectivity index (χ3v) is 6.42. The molecule has 1 aromatic carbocycles. The van der Waals surface area contributed by atoms with Crippen LogP contribution in [0.25, 0.3) is 0 Å². The highest BCUT2D eigenvalue weighted by molar-refractivity contribution is 5.66. The molecular weight excluding hydrogens is 312 g/mol. The van der Waals surface area contributed by atoms with Crippen LogP contribution >= 0.6 is 0 Å². The van der Waals surface area contributed by atoms with Gasteiger partial charge >= 0.3 is 5.97 Å². The summed E-state index contributed by atoms with van der Waals surface area (Å²) >= 11 is 0. The lowest BCUT2D eigenvalue weighted by Gasteiger charge is -2.31. The Morgan fingerprint density at radius 1 is 0.960 bits per heavy atom. The van der Waals surface area contributed by atoms with Crippen LogP contribution in [-0.2, 0) is 4.79 Å². The second kappa shape index (κ2) is 9.26. The number of rotatable bonds is 11. The van der Waals surface area contributed by atoms with Gasteiger partial charge in [-0.2, -0.15) is 0 Å². The standard InChI is InChI=1S/C22H32O3/c23-22(24)11-7-2-1-6-10-20-17-12-13-18(16-17)21(20)14-15-25-19-8-4-3-5-9-19/h3-5,8-9,17-18,20-21H,1-2,6-7,10-16H2,(H,23,24). The molecule has 0 amide bonds. The Morgan fingerprint density at radius 2 is 1.64 bits per heavy atom. The molecule has 2 aliphatic carbocycles. The van der Waals surface area contributed by atoms with E-state index in [1.165, 1.54) is 44.9 Å². The van der Waals surface area contributed by atoms with Gasteiger partial charge in [-0.25, -0.2) is 0 Å². The van der Waals surface area contributed by atoms with E-state index in [0.717, 1.165) is 48.9 Å². The Morgan fingerprint density at radius 3 is 2.36 bits per heavy atom. The van der Waals surface area contributed by atoms with Crippen LogP contribution in [0.15, 0.2) is 30.3 Å². The molecule has 2 fully saturated rings. The second-order valence-electron chi connectivity index (χ2n) is 7.96. The monoisotopic (exact) mass is 344 g/mol. The fourth-order valence-corrected chi connectivity index (χ4v) is 5.27. The van der Waals surface area contributed by atoms with E-state index in [2.05, 4.69) is 0 Å². The predicted molar refractivity (Wildman–Crippen MR) is 99.7 cm³/mol. The first-order chi connectivity index (χ1) is 12.2. The molecule has 2 bridgehead atoms. The molecule has 0 saturated heterocycles. The van der Waals surface area contributed by atoms with E-state index in [1.807, 2.05) is 30.3 Å². The van der Waals surface area contributed by atoms with E-state index in [0.29, 0.717) is 6.42 Å². The molecule has 2 aliphatic rings. The quantitative estimate of drug-likeness (QED) is 0.536. The maximum absolute atomic E-state index is 10.6. The molecule has 1 aromatic rings. The molecule has 1 N–H and O–H groups in total.